The van der Waals surface area contributed by atoms with Crippen molar-refractivity contribution >= 4 is 39.2 Å². The van der Waals surface area contributed by atoms with Gasteiger partial charge in [0.15, 0.2) is 0 Å². The van der Waals surface area contributed by atoms with Crippen molar-refractivity contribution in [3.8, 4) is 0 Å². The molecule has 1 atom stereocenters. The zero-order chi connectivity index (χ0) is 23.4. The van der Waals surface area contributed by atoms with Gasteiger partial charge < -0.3 is 9.88 Å². The Bertz CT molecular complexity index is 1260. The number of amides is 1. The molecule has 5 nitrogen and oxygen atoms in total. The summed E-state index contributed by atoms with van der Waals surface area (Å²) in [4.78, 5) is 37.3. The molecule has 4 rings (SSSR count). The van der Waals surface area contributed by atoms with Crippen LogP contribution in [0.4, 0.5) is 0 Å². The van der Waals surface area contributed by atoms with E-state index >= 15 is 0 Å². The van der Waals surface area contributed by atoms with E-state index in [1.54, 1.807) is 0 Å². The van der Waals surface area contributed by atoms with Gasteiger partial charge in [0.1, 0.15) is 10.7 Å². The maximum atomic E-state index is 13.4. The topological polar surface area (TPSA) is 66.1 Å². The Kier molecular flexibility index (Phi) is 7.30. The molecule has 0 bridgehead atoms. The molecule has 0 aliphatic rings. The summed E-state index contributed by atoms with van der Waals surface area (Å²) in [7, 11) is 0. The molecular weight excluding hydrogens is 450 g/mol. The molecular formula is C26H27N3O2S2. The summed E-state index contributed by atoms with van der Waals surface area (Å²) in [6.45, 7) is 6.98. The quantitative estimate of drug-likeness (QED) is 0.366. The number of benzene rings is 2. The van der Waals surface area contributed by atoms with E-state index in [0.717, 1.165) is 26.4 Å². The Morgan fingerprint density at radius 1 is 1.03 bits per heavy atom. The Balaban J connectivity index is 1.48. The molecule has 1 unspecified atom stereocenters. The van der Waals surface area contributed by atoms with Crippen molar-refractivity contribution in [3.05, 3.63) is 98.4 Å². The molecule has 0 aliphatic heterocycles. The summed E-state index contributed by atoms with van der Waals surface area (Å²) in [6, 6.07) is 20.1. The first-order valence-corrected chi connectivity index (χ1v) is 12.8. The molecule has 0 saturated carbocycles. The van der Waals surface area contributed by atoms with E-state index in [1.165, 1.54) is 23.1 Å². The van der Waals surface area contributed by atoms with Gasteiger partial charge in [0, 0.05) is 18.0 Å². The van der Waals surface area contributed by atoms with Gasteiger partial charge in [0.05, 0.1) is 16.4 Å². The standard InChI is InChI=1S/C26H27N3O2S2/c1-17-18(2)33-25-23(17)24(30)27-22(28-25)16-32-19(3)26(31)29(14-20-10-6-4-7-11-20)15-21-12-8-5-9-13-21/h4-13,19H,14-16H2,1-3H3,(H,27,28,30). The molecule has 0 spiro atoms. The van der Waals surface area contributed by atoms with Crippen LogP contribution in [0, 0.1) is 13.8 Å². The first kappa shape index (κ1) is 23.3. The molecule has 0 radical (unpaired) electrons. The summed E-state index contributed by atoms with van der Waals surface area (Å²) >= 11 is 3.04. The van der Waals surface area contributed by atoms with E-state index in [0.29, 0.717) is 30.1 Å². The van der Waals surface area contributed by atoms with Crippen molar-refractivity contribution in [2.75, 3.05) is 0 Å². The van der Waals surface area contributed by atoms with Gasteiger partial charge in [-0.3, -0.25) is 9.59 Å². The van der Waals surface area contributed by atoms with Crippen LogP contribution in [0.25, 0.3) is 10.2 Å². The minimum Gasteiger partial charge on any atom is -0.333 e. The molecule has 2 heterocycles. The fourth-order valence-corrected chi connectivity index (χ4v) is 5.60. The van der Waals surface area contributed by atoms with Crippen molar-refractivity contribution < 1.29 is 4.79 Å². The number of aryl methyl sites for hydroxylation is 2. The first-order chi connectivity index (χ1) is 15.9. The molecule has 2 aromatic heterocycles. The predicted octanol–water partition coefficient (Wildman–Crippen LogP) is 5.45. The molecule has 0 saturated heterocycles. The SMILES string of the molecule is Cc1sc2nc(CSC(C)C(=O)N(Cc3ccccc3)Cc3ccccc3)[nH]c(=O)c2c1C. The largest absolute Gasteiger partial charge is 0.333 e. The van der Waals surface area contributed by atoms with Crippen LogP contribution in [-0.2, 0) is 23.6 Å². The second kappa shape index (κ2) is 10.4. The lowest BCUT2D eigenvalue weighted by Crippen LogP contribution is -2.35. The minimum absolute atomic E-state index is 0.0685. The van der Waals surface area contributed by atoms with Crippen LogP contribution in [0.2, 0.25) is 0 Å². The van der Waals surface area contributed by atoms with E-state index in [2.05, 4.69) is 9.97 Å². The third-order valence-electron chi connectivity index (χ3n) is 5.65. The number of thioether (sulfide) groups is 1. The van der Waals surface area contributed by atoms with E-state index in [1.807, 2.05) is 86.3 Å². The maximum Gasteiger partial charge on any atom is 0.259 e. The van der Waals surface area contributed by atoms with Gasteiger partial charge in [-0.05, 0) is 37.5 Å². The van der Waals surface area contributed by atoms with Gasteiger partial charge in [-0.1, -0.05) is 60.7 Å². The summed E-state index contributed by atoms with van der Waals surface area (Å²) in [5, 5.41) is 0.400. The fourth-order valence-electron chi connectivity index (χ4n) is 3.72. The Labute approximate surface area is 201 Å². The average molecular weight is 478 g/mol. The van der Waals surface area contributed by atoms with Crippen LogP contribution in [0.1, 0.15) is 34.3 Å². The average Bonchev–Trinajstić information content (AvgIpc) is 3.11. The molecule has 1 N–H and O–H groups in total. The second-order valence-corrected chi connectivity index (χ2v) is 10.6. The van der Waals surface area contributed by atoms with Gasteiger partial charge in [-0.2, -0.15) is 0 Å². The van der Waals surface area contributed by atoms with Crippen molar-refractivity contribution in [1.29, 1.82) is 0 Å². The highest BCUT2D eigenvalue weighted by molar-refractivity contribution is 7.99. The number of nitrogens with one attached hydrogen (secondary N) is 1. The number of carbonyl (C=O) groups is 1. The van der Waals surface area contributed by atoms with Gasteiger partial charge in [-0.15, -0.1) is 23.1 Å². The van der Waals surface area contributed by atoms with E-state index in [-0.39, 0.29) is 16.7 Å². The Morgan fingerprint density at radius 2 is 1.61 bits per heavy atom. The number of rotatable bonds is 8. The Morgan fingerprint density at radius 3 is 2.18 bits per heavy atom. The maximum absolute atomic E-state index is 13.4. The van der Waals surface area contributed by atoms with Crippen molar-refractivity contribution in [2.45, 2.75) is 44.9 Å². The normalized spacial score (nSPS) is 12.1. The van der Waals surface area contributed by atoms with E-state index < -0.39 is 0 Å². The lowest BCUT2D eigenvalue weighted by atomic mass is 10.1. The van der Waals surface area contributed by atoms with Gasteiger partial charge in [0.2, 0.25) is 5.91 Å². The van der Waals surface area contributed by atoms with Crippen LogP contribution in [0.5, 0.6) is 0 Å². The zero-order valence-corrected chi connectivity index (χ0v) is 20.6. The zero-order valence-electron chi connectivity index (χ0n) is 19.0. The molecule has 170 valence electrons. The number of aromatic nitrogens is 2. The third-order valence-corrected chi connectivity index (χ3v) is 7.89. The molecule has 4 aromatic rings. The number of carbonyl (C=O) groups excluding carboxylic acids is 1. The summed E-state index contributed by atoms with van der Waals surface area (Å²) in [5.41, 5.74) is 3.08. The van der Waals surface area contributed by atoms with Gasteiger partial charge >= 0.3 is 0 Å². The first-order valence-electron chi connectivity index (χ1n) is 10.9. The second-order valence-electron chi connectivity index (χ2n) is 8.09. The van der Waals surface area contributed by atoms with Gasteiger partial charge in [-0.25, -0.2) is 4.98 Å². The van der Waals surface area contributed by atoms with E-state index in [4.69, 9.17) is 0 Å². The number of fused-ring (bicyclic) bond motifs is 1. The third kappa shape index (κ3) is 5.54. The minimum atomic E-state index is -0.273. The summed E-state index contributed by atoms with van der Waals surface area (Å²) in [6.07, 6.45) is 0. The van der Waals surface area contributed by atoms with Crippen molar-refractivity contribution in [3.63, 3.8) is 0 Å². The lowest BCUT2D eigenvalue weighted by molar-refractivity contribution is -0.131. The number of hydrogen-bond acceptors (Lipinski definition) is 5. The molecule has 0 fully saturated rings. The molecule has 0 aliphatic carbocycles. The Hall–Kier alpha value is -2.90. The monoisotopic (exact) mass is 477 g/mol. The molecule has 33 heavy (non-hydrogen) atoms. The van der Waals surface area contributed by atoms with Crippen LogP contribution in [0.15, 0.2) is 65.5 Å². The van der Waals surface area contributed by atoms with Gasteiger partial charge in [0.25, 0.3) is 5.56 Å². The predicted molar refractivity (Wildman–Crippen MR) is 138 cm³/mol. The smallest absolute Gasteiger partial charge is 0.259 e. The van der Waals surface area contributed by atoms with Crippen LogP contribution >= 0.6 is 23.1 Å². The highest BCUT2D eigenvalue weighted by Gasteiger charge is 2.22. The number of thiophene rings is 1. The van der Waals surface area contributed by atoms with E-state index in [9.17, 15) is 9.59 Å². The molecule has 1 amide bonds. The van der Waals surface area contributed by atoms with Crippen LogP contribution in [-0.4, -0.2) is 26.0 Å². The highest BCUT2D eigenvalue weighted by Crippen LogP contribution is 2.27. The number of nitrogens with zero attached hydrogens (tertiary/aromatic N) is 2. The number of hydrogen-bond donors (Lipinski definition) is 1. The van der Waals surface area contributed by atoms with Crippen LogP contribution in [0.3, 0.4) is 0 Å². The lowest BCUT2D eigenvalue weighted by Gasteiger charge is -2.26. The van der Waals surface area contributed by atoms with Crippen LogP contribution < -0.4 is 5.56 Å². The number of H-pyrrole nitrogens is 1. The summed E-state index contributed by atoms with van der Waals surface area (Å²) < 4.78 is 0. The highest BCUT2D eigenvalue weighted by atomic mass is 32.2. The fraction of sp³-hybridized carbons (Fsp3) is 0.269. The summed E-state index contributed by atoms with van der Waals surface area (Å²) in [5.74, 6) is 1.15. The van der Waals surface area contributed by atoms with Crippen molar-refractivity contribution in [1.82, 2.24) is 14.9 Å². The number of aromatic amines is 1. The molecule has 7 heteroatoms. The van der Waals surface area contributed by atoms with Crippen molar-refractivity contribution in [2.24, 2.45) is 0 Å². The molecule has 2 aromatic carbocycles.